The van der Waals surface area contributed by atoms with E-state index in [1.165, 1.54) is 16.1 Å². The molecule has 0 aromatic heterocycles. The van der Waals surface area contributed by atoms with Gasteiger partial charge in [0.05, 0.1) is 12.6 Å². The van der Waals surface area contributed by atoms with Crippen molar-refractivity contribution in [1.29, 1.82) is 0 Å². The lowest BCUT2D eigenvalue weighted by molar-refractivity contribution is 0.167. The number of hydrogen-bond acceptors (Lipinski definition) is 6. The highest BCUT2D eigenvalue weighted by atomic mass is 32.7. The summed E-state index contributed by atoms with van der Waals surface area (Å²) in [7, 11) is 0. The summed E-state index contributed by atoms with van der Waals surface area (Å²) in [5, 5.41) is 0.167. The Morgan fingerprint density at radius 1 is 1.58 bits per heavy atom. The number of ether oxygens (including phenoxy) is 1. The summed E-state index contributed by atoms with van der Waals surface area (Å²) in [5.74, 6) is 0.698. The molecule has 0 aromatic rings. The van der Waals surface area contributed by atoms with Crippen molar-refractivity contribution in [3.63, 3.8) is 0 Å². The molecule has 3 unspecified atom stereocenters. The lowest BCUT2D eigenvalue weighted by Gasteiger charge is -2.30. The molecule has 5 nitrogen and oxygen atoms in total. The fraction of sp³-hybridized carbons (Fsp3) is 0.909. The molecule has 3 atom stereocenters. The fourth-order valence-corrected chi connectivity index (χ4v) is 7.65. The third kappa shape index (κ3) is 4.31. The van der Waals surface area contributed by atoms with Crippen LogP contribution in [-0.2, 0) is 13.8 Å². The molecule has 19 heavy (non-hydrogen) atoms. The van der Waals surface area contributed by atoms with Gasteiger partial charge in [0, 0.05) is 11.0 Å². The van der Waals surface area contributed by atoms with Crippen molar-refractivity contribution in [2.75, 3.05) is 25.2 Å². The Morgan fingerprint density at radius 3 is 2.79 bits per heavy atom. The molecular formula is C11H22NO4PS2. The minimum Gasteiger partial charge on any atom is -0.447 e. The molecule has 0 aromatic carbocycles. The van der Waals surface area contributed by atoms with Gasteiger partial charge in [0.25, 0.3) is 0 Å². The van der Waals surface area contributed by atoms with Gasteiger partial charge in [-0.15, -0.1) is 0 Å². The van der Waals surface area contributed by atoms with Gasteiger partial charge in [-0.05, 0) is 31.0 Å². The summed E-state index contributed by atoms with van der Waals surface area (Å²) < 4.78 is 24.9. The van der Waals surface area contributed by atoms with Crippen LogP contribution in [0.15, 0.2) is 0 Å². The maximum absolute atomic E-state index is 13.0. The number of rotatable bonds is 8. The van der Waals surface area contributed by atoms with Gasteiger partial charge in [-0.3, -0.25) is 4.57 Å². The van der Waals surface area contributed by atoms with E-state index in [9.17, 15) is 9.36 Å². The van der Waals surface area contributed by atoms with Crippen LogP contribution in [0.1, 0.15) is 27.2 Å². The second-order valence-corrected chi connectivity index (χ2v) is 9.81. The van der Waals surface area contributed by atoms with E-state index < -0.39 is 12.8 Å². The normalized spacial score (nSPS) is 24.1. The minimum atomic E-state index is -3.22. The molecule has 1 aliphatic rings. The van der Waals surface area contributed by atoms with Crippen LogP contribution in [0.3, 0.4) is 0 Å². The van der Waals surface area contributed by atoms with E-state index in [-0.39, 0.29) is 17.9 Å². The van der Waals surface area contributed by atoms with Crippen molar-refractivity contribution < 1.29 is 18.6 Å². The molecular weight excluding hydrogens is 305 g/mol. The summed E-state index contributed by atoms with van der Waals surface area (Å²) in [6.07, 6.45) is 2.30. The first-order valence-electron chi connectivity index (χ1n) is 6.36. The first kappa shape index (κ1) is 17.2. The largest absolute Gasteiger partial charge is 0.447 e. The van der Waals surface area contributed by atoms with E-state index in [1.54, 1.807) is 18.7 Å². The molecule has 0 spiro atoms. The molecule has 0 saturated carbocycles. The summed E-state index contributed by atoms with van der Waals surface area (Å²) in [6, 6.07) is -0.170. The van der Waals surface area contributed by atoms with Gasteiger partial charge in [0.15, 0.2) is 0 Å². The monoisotopic (exact) mass is 327 g/mol. The van der Waals surface area contributed by atoms with Crippen molar-refractivity contribution in [1.82, 2.24) is 4.67 Å². The van der Waals surface area contributed by atoms with Crippen LogP contribution >= 0.6 is 29.9 Å². The number of nitrogens with zero attached hydrogens (tertiary/aromatic N) is 1. The second kappa shape index (κ2) is 7.81. The van der Waals surface area contributed by atoms with Crippen molar-refractivity contribution in [3.05, 3.63) is 0 Å². The molecule has 1 amide bonds. The standard InChI is InChI=1S/C11H22NO4PS2/c1-5-9(3)19-17(14,16-6-2)12-10(8-18-4)7-15-11(12)13/h9-10H,5-8H2,1-4H3. The van der Waals surface area contributed by atoms with E-state index in [1.807, 2.05) is 20.1 Å². The number of carbonyl (C=O) groups is 1. The van der Waals surface area contributed by atoms with Gasteiger partial charge in [-0.2, -0.15) is 11.8 Å². The van der Waals surface area contributed by atoms with Crippen LogP contribution < -0.4 is 0 Å². The molecule has 0 bridgehead atoms. The third-order valence-electron chi connectivity index (χ3n) is 2.74. The van der Waals surface area contributed by atoms with Gasteiger partial charge in [0.2, 0.25) is 0 Å². The smallest absolute Gasteiger partial charge is 0.418 e. The Kier molecular flexibility index (Phi) is 7.08. The highest BCUT2D eigenvalue weighted by Crippen LogP contribution is 2.66. The highest BCUT2D eigenvalue weighted by molar-refractivity contribution is 8.56. The van der Waals surface area contributed by atoms with Gasteiger partial charge >= 0.3 is 12.8 Å². The quantitative estimate of drug-likeness (QED) is 0.631. The van der Waals surface area contributed by atoms with E-state index in [0.717, 1.165) is 6.42 Å². The molecule has 8 heteroatoms. The van der Waals surface area contributed by atoms with Crippen LogP contribution in [0.5, 0.6) is 0 Å². The maximum Gasteiger partial charge on any atom is 0.418 e. The van der Waals surface area contributed by atoms with E-state index >= 15 is 0 Å². The fourth-order valence-electron chi connectivity index (χ4n) is 1.67. The molecule has 0 aliphatic carbocycles. The van der Waals surface area contributed by atoms with E-state index in [4.69, 9.17) is 9.26 Å². The highest BCUT2D eigenvalue weighted by Gasteiger charge is 2.47. The van der Waals surface area contributed by atoms with Crippen LogP contribution in [-0.4, -0.2) is 47.3 Å². The lowest BCUT2D eigenvalue weighted by atomic mass is 10.4. The predicted molar refractivity (Wildman–Crippen MR) is 81.9 cm³/mol. The molecule has 1 rings (SSSR count). The van der Waals surface area contributed by atoms with Gasteiger partial charge in [0.1, 0.15) is 6.61 Å². The van der Waals surface area contributed by atoms with Gasteiger partial charge in [-0.25, -0.2) is 9.46 Å². The third-order valence-corrected chi connectivity index (χ3v) is 8.74. The Labute approximate surface area is 123 Å². The van der Waals surface area contributed by atoms with Crippen molar-refractivity contribution in [2.24, 2.45) is 0 Å². The topological polar surface area (TPSA) is 55.8 Å². The first-order valence-corrected chi connectivity index (χ1v) is 10.8. The first-order chi connectivity index (χ1) is 8.98. The van der Waals surface area contributed by atoms with Crippen LogP contribution in [0.25, 0.3) is 0 Å². The lowest BCUT2D eigenvalue weighted by Crippen LogP contribution is -2.32. The Morgan fingerprint density at radius 2 is 2.26 bits per heavy atom. The van der Waals surface area contributed by atoms with Crippen LogP contribution in [0, 0.1) is 0 Å². The van der Waals surface area contributed by atoms with Crippen LogP contribution in [0.2, 0.25) is 0 Å². The SMILES string of the molecule is CCOP(=O)(SC(C)CC)N1C(=O)OCC1CSC. The number of carbonyl (C=O) groups excluding carboxylic acids is 1. The van der Waals surface area contributed by atoms with Crippen molar-refractivity contribution in [2.45, 2.75) is 38.5 Å². The zero-order valence-corrected chi connectivity index (χ0v) is 14.4. The molecule has 1 heterocycles. The van der Waals surface area contributed by atoms with Gasteiger partial charge in [-0.1, -0.05) is 13.8 Å². The molecule has 112 valence electrons. The minimum absolute atomic E-state index is 0.167. The predicted octanol–water partition coefficient (Wildman–Crippen LogP) is 3.85. The van der Waals surface area contributed by atoms with E-state index in [2.05, 4.69) is 0 Å². The molecule has 0 radical (unpaired) electrons. The summed E-state index contributed by atoms with van der Waals surface area (Å²) in [5.41, 5.74) is 0. The van der Waals surface area contributed by atoms with Crippen LogP contribution in [0.4, 0.5) is 4.79 Å². The Bertz CT molecular complexity index is 356. The second-order valence-electron chi connectivity index (χ2n) is 4.24. The summed E-state index contributed by atoms with van der Waals surface area (Å²) in [4.78, 5) is 11.9. The molecule has 1 saturated heterocycles. The zero-order valence-electron chi connectivity index (χ0n) is 11.8. The zero-order chi connectivity index (χ0) is 14.5. The number of cyclic esters (lactones) is 1. The Balaban J connectivity index is 2.94. The van der Waals surface area contributed by atoms with Crippen molar-refractivity contribution in [3.8, 4) is 0 Å². The molecule has 1 aliphatic heterocycles. The van der Waals surface area contributed by atoms with Crippen molar-refractivity contribution >= 4 is 36.0 Å². The van der Waals surface area contributed by atoms with E-state index in [0.29, 0.717) is 12.4 Å². The summed E-state index contributed by atoms with van der Waals surface area (Å²) >= 11 is 2.86. The number of hydrogen-bond donors (Lipinski definition) is 0. The number of amides is 1. The Hall–Kier alpha value is 0.160. The number of thioether (sulfide) groups is 1. The average molecular weight is 327 g/mol. The average Bonchev–Trinajstić information content (AvgIpc) is 2.71. The maximum atomic E-state index is 13.0. The van der Waals surface area contributed by atoms with Gasteiger partial charge < -0.3 is 9.26 Å². The molecule has 0 N–H and O–H groups in total. The molecule has 1 fully saturated rings. The summed E-state index contributed by atoms with van der Waals surface area (Å²) in [6.45, 7) is 3.18.